The van der Waals surface area contributed by atoms with Gasteiger partial charge >= 0.3 is 0 Å². The van der Waals surface area contributed by atoms with Gasteiger partial charge in [-0.1, -0.05) is 36.4 Å². The number of aryl methyl sites for hydroxylation is 1. The highest BCUT2D eigenvalue weighted by Gasteiger charge is 2.07. The van der Waals surface area contributed by atoms with Crippen molar-refractivity contribution >= 4 is 17.8 Å². The van der Waals surface area contributed by atoms with Crippen LogP contribution in [-0.2, 0) is 17.9 Å². The summed E-state index contributed by atoms with van der Waals surface area (Å²) in [6.07, 6.45) is 4.89. The van der Waals surface area contributed by atoms with Crippen molar-refractivity contribution in [2.75, 3.05) is 12.4 Å². The average molecular weight is 472 g/mol. The van der Waals surface area contributed by atoms with Gasteiger partial charge in [0.25, 0.3) is 0 Å². The number of aromatic nitrogens is 2. The molecule has 0 atom stereocenters. The van der Waals surface area contributed by atoms with Crippen LogP contribution in [-0.4, -0.2) is 22.8 Å². The van der Waals surface area contributed by atoms with E-state index in [-0.39, 0.29) is 11.7 Å². The van der Waals surface area contributed by atoms with Crippen LogP contribution in [0.25, 0.3) is 6.08 Å². The van der Waals surface area contributed by atoms with Crippen LogP contribution >= 0.6 is 0 Å². The van der Waals surface area contributed by atoms with Gasteiger partial charge in [-0.2, -0.15) is 5.10 Å². The summed E-state index contributed by atoms with van der Waals surface area (Å²) in [6, 6.07) is 21.5. The van der Waals surface area contributed by atoms with Gasteiger partial charge < -0.3 is 14.8 Å². The zero-order valence-electron chi connectivity index (χ0n) is 19.6. The Kier molecular flexibility index (Phi) is 7.57. The lowest BCUT2D eigenvalue weighted by atomic mass is 10.1. The number of halogens is 1. The predicted octanol–water partition coefficient (Wildman–Crippen LogP) is 5.62. The molecule has 1 amide bonds. The molecule has 1 N–H and O–H groups in total. The third-order valence-corrected chi connectivity index (χ3v) is 5.33. The monoisotopic (exact) mass is 471 g/mol. The normalized spacial score (nSPS) is 10.9. The van der Waals surface area contributed by atoms with E-state index in [0.29, 0.717) is 24.7 Å². The molecule has 7 heteroatoms. The number of benzene rings is 3. The summed E-state index contributed by atoms with van der Waals surface area (Å²) in [5, 5.41) is 7.06. The van der Waals surface area contributed by atoms with Crippen molar-refractivity contribution in [3.05, 3.63) is 113 Å². The first-order chi connectivity index (χ1) is 17.0. The molecule has 178 valence electrons. The first-order valence-corrected chi connectivity index (χ1v) is 11.1. The van der Waals surface area contributed by atoms with Crippen molar-refractivity contribution in [2.45, 2.75) is 20.1 Å². The van der Waals surface area contributed by atoms with Gasteiger partial charge in [-0.3, -0.25) is 9.48 Å². The van der Waals surface area contributed by atoms with Crippen LogP contribution in [0.4, 0.5) is 10.2 Å². The van der Waals surface area contributed by atoms with Crippen LogP contribution in [0, 0.1) is 12.7 Å². The van der Waals surface area contributed by atoms with E-state index in [2.05, 4.69) is 10.4 Å². The van der Waals surface area contributed by atoms with Crippen LogP contribution < -0.4 is 14.8 Å². The predicted molar refractivity (Wildman–Crippen MR) is 134 cm³/mol. The van der Waals surface area contributed by atoms with Gasteiger partial charge in [0.05, 0.1) is 13.7 Å². The summed E-state index contributed by atoms with van der Waals surface area (Å²) in [7, 11) is 1.61. The number of hydrogen-bond acceptors (Lipinski definition) is 4. The minimum atomic E-state index is -0.311. The van der Waals surface area contributed by atoms with Gasteiger partial charge in [0.2, 0.25) is 5.91 Å². The number of carbonyl (C=O) groups excluding carboxylic acids is 1. The van der Waals surface area contributed by atoms with Crippen LogP contribution in [0.5, 0.6) is 11.5 Å². The fourth-order valence-electron chi connectivity index (χ4n) is 3.57. The standard InChI is InChI=1S/C28H26FN3O3/c1-20-6-3-4-9-25(20)35-19-23-16-21(10-12-26(23)34-2)11-13-28(33)30-27-14-15-32(31-27)18-22-7-5-8-24(29)17-22/h3-17H,18-19H2,1-2H3,(H,30,31,33)/b13-11+. The molecule has 0 bridgehead atoms. The van der Waals surface area contributed by atoms with Gasteiger partial charge in [-0.05, 0) is 60.0 Å². The lowest BCUT2D eigenvalue weighted by molar-refractivity contribution is -0.111. The molecule has 0 saturated heterocycles. The molecule has 0 spiro atoms. The summed E-state index contributed by atoms with van der Waals surface area (Å²) in [5.41, 5.74) is 3.54. The van der Waals surface area contributed by atoms with E-state index in [1.807, 2.05) is 55.5 Å². The highest BCUT2D eigenvalue weighted by Crippen LogP contribution is 2.24. The van der Waals surface area contributed by atoms with Gasteiger partial charge in [0.15, 0.2) is 5.82 Å². The lowest BCUT2D eigenvalue weighted by Gasteiger charge is -2.12. The zero-order chi connectivity index (χ0) is 24.6. The van der Waals surface area contributed by atoms with E-state index in [1.54, 1.807) is 36.2 Å². The van der Waals surface area contributed by atoms with E-state index < -0.39 is 0 Å². The number of ether oxygens (including phenoxy) is 2. The second kappa shape index (κ2) is 11.2. The maximum absolute atomic E-state index is 13.4. The van der Waals surface area contributed by atoms with Gasteiger partial charge in [-0.15, -0.1) is 0 Å². The molecule has 4 rings (SSSR count). The van der Waals surface area contributed by atoms with Crippen LogP contribution in [0.2, 0.25) is 0 Å². The Morgan fingerprint density at radius 1 is 1.06 bits per heavy atom. The lowest BCUT2D eigenvalue weighted by Crippen LogP contribution is -2.09. The van der Waals surface area contributed by atoms with Gasteiger partial charge in [-0.25, -0.2) is 4.39 Å². The van der Waals surface area contributed by atoms with Crippen molar-refractivity contribution < 1.29 is 18.7 Å². The van der Waals surface area contributed by atoms with Crippen molar-refractivity contribution in [1.29, 1.82) is 0 Å². The Morgan fingerprint density at radius 3 is 2.71 bits per heavy atom. The number of amides is 1. The first kappa shape index (κ1) is 23.8. The molecule has 4 aromatic rings. The van der Waals surface area contributed by atoms with Crippen LogP contribution in [0.1, 0.15) is 22.3 Å². The Hall–Kier alpha value is -4.39. The highest BCUT2D eigenvalue weighted by molar-refractivity contribution is 6.01. The molecule has 1 aromatic heterocycles. The Balaban J connectivity index is 1.37. The molecule has 35 heavy (non-hydrogen) atoms. The number of anilines is 1. The SMILES string of the molecule is COc1ccc(/C=C/C(=O)Nc2ccn(Cc3cccc(F)c3)n2)cc1COc1ccccc1C. The molecule has 0 aliphatic carbocycles. The Morgan fingerprint density at radius 2 is 1.91 bits per heavy atom. The molecular formula is C28H26FN3O3. The van der Waals surface area contributed by atoms with Gasteiger partial charge in [0.1, 0.15) is 23.9 Å². The minimum Gasteiger partial charge on any atom is -0.496 e. The topological polar surface area (TPSA) is 65.4 Å². The van der Waals surface area contributed by atoms with Crippen LogP contribution in [0.15, 0.2) is 85.1 Å². The third kappa shape index (κ3) is 6.57. The number of para-hydroxylation sites is 1. The molecule has 0 saturated carbocycles. The molecule has 0 aliphatic heterocycles. The number of carbonyl (C=O) groups is 1. The van der Waals surface area contributed by atoms with Gasteiger partial charge in [0, 0.05) is 23.9 Å². The van der Waals surface area contributed by atoms with Crippen molar-refractivity contribution in [3.63, 3.8) is 0 Å². The summed E-state index contributed by atoms with van der Waals surface area (Å²) < 4.78 is 26.4. The van der Waals surface area contributed by atoms with E-state index in [4.69, 9.17) is 9.47 Å². The largest absolute Gasteiger partial charge is 0.496 e. The summed E-state index contributed by atoms with van der Waals surface area (Å²) >= 11 is 0. The van der Waals surface area contributed by atoms with Crippen molar-refractivity contribution in [3.8, 4) is 11.5 Å². The van der Waals surface area contributed by atoms with E-state index >= 15 is 0 Å². The number of rotatable bonds is 9. The highest BCUT2D eigenvalue weighted by atomic mass is 19.1. The molecular weight excluding hydrogens is 445 g/mol. The van der Waals surface area contributed by atoms with Crippen molar-refractivity contribution in [2.24, 2.45) is 0 Å². The summed E-state index contributed by atoms with van der Waals surface area (Å²) in [4.78, 5) is 12.4. The average Bonchev–Trinajstić information content (AvgIpc) is 3.28. The summed E-state index contributed by atoms with van der Waals surface area (Å²) in [6.45, 7) is 2.74. The fourth-order valence-corrected chi connectivity index (χ4v) is 3.57. The minimum absolute atomic E-state index is 0.295. The zero-order valence-corrected chi connectivity index (χ0v) is 19.6. The Labute approximate surface area is 203 Å². The quantitative estimate of drug-likeness (QED) is 0.322. The number of methoxy groups -OCH3 is 1. The second-order valence-corrected chi connectivity index (χ2v) is 7.98. The number of nitrogens with one attached hydrogen (secondary N) is 1. The maximum Gasteiger partial charge on any atom is 0.249 e. The number of nitrogens with zero attached hydrogens (tertiary/aromatic N) is 2. The smallest absolute Gasteiger partial charge is 0.249 e. The molecule has 3 aromatic carbocycles. The van der Waals surface area contributed by atoms with E-state index in [0.717, 1.165) is 28.0 Å². The summed E-state index contributed by atoms with van der Waals surface area (Å²) in [5.74, 6) is 1.33. The number of hydrogen-bond donors (Lipinski definition) is 1. The maximum atomic E-state index is 13.4. The first-order valence-electron chi connectivity index (χ1n) is 11.1. The molecule has 0 radical (unpaired) electrons. The van der Waals surface area contributed by atoms with Crippen LogP contribution in [0.3, 0.4) is 0 Å². The van der Waals surface area contributed by atoms with E-state index in [9.17, 15) is 9.18 Å². The second-order valence-electron chi connectivity index (χ2n) is 7.98. The molecule has 0 fully saturated rings. The Bertz CT molecular complexity index is 1350. The van der Waals surface area contributed by atoms with Crippen molar-refractivity contribution in [1.82, 2.24) is 9.78 Å². The molecule has 0 aliphatic rings. The molecule has 0 unspecified atom stereocenters. The third-order valence-electron chi connectivity index (χ3n) is 5.33. The molecule has 6 nitrogen and oxygen atoms in total. The van der Waals surface area contributed by atoms with E-state index in [1.165, 1.54) is 18.2 Å². The molecule has 1 heterocycles. The fraction of sp³-hybridized carbons (Fsp3) is 0.143.